The topological polar surface area (TPSA) is 98.5 Å². The number of anilines is 1. The summed E-state index contributed by atoms with van der Waals surface area (Å²) in [5.74, 6) is -0.753. The van der Waals surface area contributed by atoms with Crippen molar-refractivity contribution in [3.05, 3.63) is 81.6 Å². The molecule has 0 unspecified atom stereocenters. The Kier molecular flexibility index (Phi) is 6.33. The second kappa shape index (κ2) is 8.61. The average molecular weight is 469 g/mol. The van der Waals surface area contributed by atoms with Gasteiger partial charge in [-0.15, -0.1) is 0 Å². The minimum Gasteiger partial charge on any atom is -0.456 e. The Morgan fingerprint density at radius 1 is 1.07 bits per heavy atom. The van der Waals surface area contributed by atoms with E-state index in [0.717, 1.165) is 0 Å². The fourth-order valence-electron chi connectivity index (χ4n) is 2.64. The Morgan fingerprint density at radius 2 is 1.80 bits per heavy atom. The number of primary sulfonamides is 1. The van der Waals surface area contributed by atoms with E-state index in [9.17, 15) is 17.6 Å². The van der Waals surface area contributed by atoms with Gasteiger partial charge in [0.05, 0.1) is 9.92 Å². The first-order chi connectivity index (χ1) is 14.0. The minimum atomic E-state index is -3.95. The highest BCUT2D eigenvalue weighted by Gasteiger charge is 2.20. The van der Waals surface area contributed by atoms with Crippen LogP contribution in [0.15, 0.2) is 59.5 Å². The van der Waals surface area contributed by atoms with E-state index >= 15 is 0 Å². The van der Waals surface area contributed by atoms with Crippen molar-refractivity contribution in [1.82, 2.24) is 0 Å². The molecule has 0 saturated heterocycles. The summed E-state index contributed by atoms with van der Waals surface area (Å²) >= 11 is 12.3. The number of hydrogen-bond donors (Lipinski definition) is 2. The quantitative estimate of drug-likeness (QED) is 0.541. The van der Waals surface area contributed by atoms with Crippen LogP contribution in [0.1, 0.15) is 15.9 Å². The van der Waals surface area contributed by atoms with Crippen LogP contribution in [0.3, 0.4) is 0 Å². The number of carbonyl (C=O) groups excluding carboxylic acids is 1. The van der Waals surface area contributed by atoms with Gasteiger partial charge in [-0.3, -0.25) is 4.79 Å². The van der Waals surface area contributed by atoms with Crippen molar-refractivity contribution in [2.24, 2.45) is 5.14 Å². The van der Waals surface area contributed by atoms with E-state index in [1.165, 1.54) is 54.6 Å². The van der Waals surface area contributed by atoms with E-state index in [1.54, 1.807) is 6.92 Å². The number of nitrogens with one attached hydrogen (secondary N) is 1. The Morgan fingerprint density at radius 3 is 2.47 bits per heavy atom. The molecular weight excluding hydrogens is 454 g/mol. The van der Waals surface area contributed by atoms with Crippen LogP contribution < -0.4 is 15.2 Å². The lowest BCUT2D eigenvalue weighted by Gasteiger charge is -2.15. The maximum absolute atomic E-state index is 13.4. The highest BCUT2D eigenvalue weighted by molar-refractivity contribution is 7.89. The fourth-order valence-corrected chi connectivity index (χ4v) is 3.76. The van der Waals surface area contributed by atoms with Crippen molar-refractivity contribution >= 4 is 44.8 Å². The number of sulfonamides is 1. The third-order valence-electron chi connectivity index (χ3n) is 4.02. The lowest BCUT2D eigenvalue weighted by atomic mass is 10.1. The number of amides is 1. The molecule has 0 aromatic heterocycles. The number of hydrogen-bond acceptors (Lipinski definition) is 4. The van der Waals surface area contributed by atoms with Gasteiger partial charge in [0, 0.05) is 16.8 Å². The van der Waals surface area contributed by atoms with Crippen molar-refractivity contribution in [2.75, 3.05) is 5.32 Å². The van der Waals surface area contributed by atoms with Gasteiger partial charge in [-0.1, -0.05) is 29.3 Å². The monoisotopic (exact) mass is 468 g/mol. The molecule has 3 aromatic carbocycles. The number of halogens is 3. The van der Waals surface area contributed by atoms with Crippen molar-refractivity contribution < 1.29 is 22.3 Å². The zero-order valence-electron chi connectivity index (χ0n) is 15.4. The molecule has 10 heteroatoms. The lowest BCUT2D eigenvalue weighted by Crippen LogP contribution is -2.16. The molecule has 3 rings (SSSR count). The number of aryl methyl sites for hydroxylation is 1. The number of rotatable bonds is 5. The maximum atomic E-state index is 13.4. The molecule has 0 aliphatic heterocycles. The molecule has 0 bridgehead atoms. The summed E-state index contributed by atoms with van der Waals surface area (Å²) < 4.78 is 42.2. The molecule has 0 fully saturated rings. The largest absolute Gasteiger partial charge is 0.456 e. The number of nitrogens with two attached hydrogens (primary N) is 1. The van der Waals surface area contributed by atoms with Gasteiger partial charge in [0.15, 0.2) is 0 Å². The van der Waals surface area contributed by atoms with Crippen LogP contribution >= 0.6 is 23.2 Å². The number of carbonyl (C=O) groups is 1. The third kappa shape index (κ3) is 5.09. The van der Waals surface area contributed by atoms with E-state index < -0.39 is 21.7 Å². The molecule has 0 saturated carbocycles. The summed E-state index contributed by atoms with van der Waals surface area (Å²) in [7, 11) is -3.95. The van der Waals surface area contributed by atoms with Gasteiger partial charge in [0.25, 0.3) is 5.91 Å². The summed E-state index contributed by atoms with van der Waals surface area (Å²) in [5.41, 5.74) is 0.644. The van der Waals surface area contributed by atoms with Crippen LogP contribution in [0.4, 0.5) is 10.1 Å². The first-order valence-corrected chi connectivity index (χ1v) is 10.7. The number of benzene rings is 3. The van der Waals surface area contributed by atoms with Gasteiger partial charge in [0.2, 0.25) is 10.0 Å². The molecule has 156 valence electrons. The molecular formula is C20H15Cl2FN2O4S. The van der Waals surface area contributed by atoms with Crippen molar-refractivity contribution in [2.45, 2.75) is 11.8 Å². The van der Waals surface area contributed by atoms with Gasteiger partial charge in [-0.2, -0.15) is 0 Å². The molecule has 0 atom stereocenters. The molecule has 3 N–H and O–H groups in total. The minimum absolute atomic E-state index is 0.0114. The molecule has 0 aliphatic rings. The fraction of sp³-hybridized carbons (Fsp3) is 0.0500. The summed E-state index contributed by atoms with van der Waals surface area (Å²) in [6.07, 6.45) is 0. The van der Waals surface area contributed by atoms with Gasteiger partial charge in [-0.25, -0.2) is 17.9 Å². The average Bonchev–Trinajstić information content (AvgIpc) is 2.63. The molecule has 0 radical (unpaired) electrons. The Labute approximate surface area is 182 Å². The van der Waals surface area contributed by atoms with Crippen LogP contribution in [0.25, 0.3) is 0 Å². The van der Waals surface area contributed by atoms with Crippen LogP contribution in [-0.2, 0) is 10.0 Å². The van der Waals surface area contributed by atoms with Crippen LogP contribution in [0, 0.1) is 12.7 Å². The first-order valence-electron chi connectivity index (χ1n) is 8.42. The molecule has 0 aliphatic carbocycles. The first kappa shape index (κ1) is 22.0. The molecule has 6 nitrogen and oxygen atoms in total. The van der Waals surface area contributed by atoms with E-state index in [-0.39, 0.29) is 31.9 Å². The normalized spacial score (nSPS) is 11.2. The van der Waals surface area contributed by atoms with Gasteiger partial charge < -0.3 is 10.1 Å². The summed E-state index contributed by atoms with van der Waals surface area (Å²) in [5, 5.41) is 7.91. The smallest absolute Gasteiger partial charge is 0.260 e. The summed E-state index contributed by atoms with van der Waals surface area (Å²) in [4.78, 5) is 12.7. The zero-order chi connectivity index (χ0) is 22.1. The summed E-state index contributed by atoms with van der Waals surface area (Å²) in [6.45, 7) is 1.64. The van der Waals surface area contributed by atoms with E-state index in [2.05, 4.69) is 5.32 Å². The molecule has 0 spiro atoms. The predicted octanol–water partition coefficient (Wildman–Crippen LogP) is 5.13. The Balaban J connectivity index is 1.98. The van der Waals surface area contributed by atoms with Crippen molar-refractivity contribution in [3.63, 3.8) is 0 Å². The second-order valence-corrected chi connectivity index (χ2v) is 8.70. The molecule has 3 aromatic rings. The number of ether oxygens (including phenoxy) is 1. The lowest BCUT2D eigenvalue weighted by molar-refractivity contribution is 0.102. The Hall–Kier alpha value is -2.65. The van der Waals surface area contributed by atoms with E-state index in [1.807, 2.05) is 0 Å². The second-order valence-electron chi connectivity index (χ2n) is 6.30. The van der Waals surface area contributed by atoms with E-state index in [0.29, 0.717) is 11.3 Å². The predicted molar refractivity (Wildman–Crippen MR) is 113 cm³/mol. The highest BCUT2D eigenvalue weighted by atomic mass is 35.5. The standard InChI is InChI=1S/C20H15Cl2FN2O4S/c1-11-7-13(23)5-6-17(11)29-18-9-12(21)8-16(22)19(18)20(26)25-14-3-2-4-15(10-14)30(24,27)28/h2-10H,1H3,(H,25,26)(H2,24,27,28). The van der Waals surface area contributed by atoms with Crippen LogP contribution in [-0.4, -0.2) is 14.3 Å². The SMILES string of the molecule is Cc1cc(F)ccc1Oc1cc(Cl)cc(Cl)c1C(=O)Nc1cccc(S(N)(=O)=O)c1. The maximum Gasteiger partial charge on any atom is 0.260 e. The van der Waals surface area contributed by atoms with Gasteiger partial charge in [0.1, 0.15) is 22.9 Å². The molecule has 30 heavy (non-hydrogen) atoms. The summed E-state index contributed by atoms with van der Waals surface area (Å²) in [6, 6.07) is 12.1. The van der Waals surface area contributed by atoms with Crippen LogP contribution in [0.5, 0.6) is 11.5 Å². The van der Waals surface area contributed by atoms with Crippen molar-refractivity contribution in [1.29, 1.82) is 0 Å². The van der Waals surface area contributed by atoms with E-state index in [4.69, 9.17) is 33.1 Å². The zero-order valence-corrected chi connectivity index (χ0v) is 17.8. The molecule has 1 amide bonds. The third-order valence-corrected chi connectivity index (χ3v) is 5.45. The van der Waals surface area contributed by atoms with Gasteiger partial charge >= 0.3 is 0 Å². The van der Waals surface area contributed by atoms with Crippen LogP contribution in [0.2, 0.25) is 10.0 Å². The highest BCUT2D eigenvalue weighted by Crippen LogP contribution is 2.35. The Bertz CT molecular complexity index is 1250. The van der Waals surface area contributed by atoms with Crippen molar-refractivity contribution in [3.8, 4) is 11.5 Å². The molecule has 0 heterocycles. The van der Waals surface area contributed by atoms with Gasteiger partial charge in [-0.05, 0) is 55.0 Å².